The van der Waals surface area contributed by atoms with E-state index in [1.165, 1.54) is 13.8 Å². The summed E-state index contributed by atoms with van der Waals surface area (Å²) in [4.78, 5) is 0. The van der Waals surface area contributed by atoms with Crippen molar-refractivity contribution in [2.75, 3.05) is 0 Å². The van der Waals surface area contributed by atoms with Gasteiger partial charge in [0, 0.05) is 12.3 Å². The Kier molecular flexibility index (Phi) is 0.640. The maximum atomic E-state index is 8.16. The van der Waals surface area contributed by atoms with Gasteiger partial charge < -0.3 is 0 Å². The minimum atomic E-state index is -2.67. The molecule has 0 spiro atoms. The second kappa shape index (κ2) is 3.24. The summed E-state index contributed by atoms with van der Waals surface area (Å²) in [5.41, 5.74) is 0. The molecule has 0 aromatic rings. The molecule has 0 nitrogen and oxygen atoms in total. The highest BCUT2D eigenvalue weighted by Crippen LogP contribution is 2.29. The lowest BCUT2D eigenvalue weighted by molar-refractivity contribution is 0.279. The minimum Gasteiger partial charge on any atom is -0.0625 e. The average molecular weight is 135 g/mol. The molecule has 0 heterocycles. The van der Waals surface area contributed by atoms with Gasteiger partial charge in [0.1, 0.15) is 0 Å². The van der Waals surface area contributed by atoms with Crippen LogP contribution in [0.5, 0.6) is 0 Å². The van der Waals surface area contributed by atoms with Crippen LogP contribution in [0.25, 0.3) is 0 Å². The zero-order chi connectivity index (χ0) is 14.7. The van der Waals surface area contributed by atoms with E-state index < -0.39 is 43.7 Å². The first kappa shape index (κ1) is 1.78. The molecule has 0 aliphatic heterocycles. The molecular formula is C9H18. The topological polar surface area (TPSA) is 0 Å². The van der Waals surface area contributed by atoms with Crippen LogP contribution in [0.15, 0.2) is 0 Å². The van der Waals surface area contributed by atoms with E-state index in [4.69, 9.17) is 12.3 Å². The molecule has 0 N–H and O–H groups in total. The smallest absolute Gasteiger partial charge is 0.0305 e. The van der Waals surface area contributed by atoms with Gasteiger partial charge in [-0.15, -0.1) is 0 Å². The fourth-order valence-electron chi connectivity index (χ4n) is 0.656. The third-order valence-corrected chi connectivity index (χ3v) is 1.20. The van der Waals surface area contributed by atoms with Gasteiger partial charge in [0.25, 0.3) is 0 Å². The normalized spacial score (nSPS) is 85.0. The Labute approximate surface area is 71.3 Å². The second-order valence-electron chi connectivity index (χ2n) is 2.31. The van der Waals surface area contributed by atoms with E-state index in [9.17, 15) is 0 Å². The van der Waals surface area contributed by atoms with Crippen LogP contribution in [0.2, 0.25) is 0 Å². The molecule has 1 fully saturated rings. The molecule has 1 aliphatic carbocycles. The van der Waals surface area contributed by atoms with Crippen molar-refractivity contribution in [2.24, 2.45) is 11.8 Å². The van der Waals surface area contributed by atoms with Crippen molar-refractivity contribution in [2.45, 2.75) is 45.8 Å². The fraction of sp³-hybridized carbons (Fsp3) is 1.00. The van der Waals surface area contributed by atoms with Crippen molar-refractivity contribution < 1.29 is 12.3 Å². The van der Waals surface area contributed by atoms with Crippen molar-refractivity contribution in [3.63, 3.8) is 0 Å². The zero-order valence-corrected chi connectivity index (χ0v) is 5.73. The van der Waals surface area contributed by atoms with Crippen LogP contribution in [0.4, 0.5) is 0 Å². The van der Waals surface area contributed by atoms with Crippen LogP contribution in [0.1, 0.15) is 58.1 Å². The average Bonchev–Trinajstić information content (AvgIpc) is 2.23. The first-order chi connectivity index (χ1) is 7.75. The van der Waals surface area contributed by atoms with Gasteiger partial charge in [0.2, 0.25) is 0 Å². The maximum Gasteiger partial charge on any atom is 0.0305 e. The molecule has 1 saturated carbocycles. The molecule has 0 aromatic heterocycles. The van der Waals surface area contributed by atoms with Crippen molar-refractivity contribution in [1.82, 2.24) is 0 Å². The van der Waals surface area contributed by atoms with Gasteiger partial charge in [0.05, 0.1) is 0 Å². The summed E-state index contributed by atoms with van der Waals surface area (Å²) in [6.07, 6.45) is -11.9. The molecular weight excluding hydrogens is 108 g/mol. The van der Waals surface area contributed by atoms with Crippen molar-refractivity contribution in [1.29, 1.82) is 0 Å². The molecule has 2 atom stereocenters. The quantitative estimate of drug-likeness (QED) is 0.518. The highest BCUT2D eigenvalue weighted by molar-refractivity contribution is 4.67. The summed E-state index contributed by atoms with van der Waals surface area (Å²) in [5, 5.41) is 0. The molecule has 54 valence electrons. The first-order valence-electron chi connectivity index (χ1n) is 7.75. The third kappa shape index (κ3) is 2.00. The van der Waals surface area contributed by atoms with Gasteiger partial charge in [-0.1, -0.05) is 45.8 Å². The van der Waals surface area contributed by atoms with Crippen molar-refractivity contribution in [3.8, 4) is 0 Å². The van der Waals surface area contributed by atoms with Gasteiger partial charge in [0.15, 0.2) is 0 Å². The molecule has 1 aliphatic rings. The number of rotatable bonds is 1. The number of hydrogen-bond donors (Lipinski definition) is 0. The summed E-state index contributed by atoms with van der Waals surface area (Å²) in [7, 11) is 0. The standard InChI is InChI=1S/C9H18/c1-8(2)9-6-4-3-5-7-9/h8-9H,3-7H2,1-2H3/i3D2,4D,5D,6D2,7D2,9D. The molecule has 0 amide bonds. The van der Waals surface area contributed by atoms with E-state index in [1.807, 2.05) is 0 Å². The van der Waals surface area contributed by atoms with E-state index >= 15 is 0 Å². The first-order valence-corrected chi connectivity index (χ1v) is 3.10. The van der Waals surface area contributed by atoms with Crippen LogP contribution in [-0.2, 0) is 0 Å². The Balaban J connectivity index is 3.53. The van der Waals surface area contributed by atoms with Crippen molar-refractivity contribution >= 4 is 0 Å². The Morgan fingerprint density at radius 2 is 2.00 bits per heavy atom. The third-order valence-electron chi connectivity index (χ3n) is 1.20. The van der Waals surface area contributed by atoms with E-state index in [-0.39, 0.29) is 0 Å². The fourth-order valence-corrected chi connectivity index (χ4v) is 0.656. The summed E-state index contributed by atoms with van der Waals surface area (Å²) in [5.74, 6) is -3.11. The molecule has 9 heavy (non-hydrogen) atoms. The van der Waals surface area contributed by atoms with E-state index in [1.54, 1.807) is 0 Å². The van der Waals surface area contributed by atoms with Crippen LogP contribution in [-0.4, -0.2) is 0 Å². The molecule has 0 saturated heterocycles. The molecule has 0 heteroatoms. The summed E-state index contributed by atoms with van der Waals surface area (Å²) in [6, 6.07) is 0. The summed E-state index contributed by atoms with van der Waals surface area (Å²) < 4.78 is 70.1. The van der Waals surface area contributed by atoms with Gasteiger partial charge in [-0.2, -0.15) is 0 Å². The van der Waals surface area contributed by atoms with Crippen molar-refractivity contribution in [3.05, 3.63) is 0 Å². The Bertz CT molecular complexity index is 311. The highest BCUT2D eigenvalue weighted by atomic mass is 14.2. The van der Waals surface area contributed by atoms with Crippen LogP contribution < -0.4 is 0 Å². The summed E-state index contributed by atoms with van der Waals surface area (Å²) in [6.45, 7) is 2.92. The predicted octanol–water partition coefficient (Wildman–Crippen LogP) is 3.22. The van der Waals surface area contributed by atoms with Gasteiger partial charge in [-0.25, -0.2) is 0 Å². The van der Waals surface area contributed by atoms with Gasteiger partial charge in [-0.3, -0.25) is 0 Å². The molecule has 2 unspecified atom stereocenters. The lowest BCUT2D eigenvalue weighted by atomic mass is 9.82. The predicted molar refractivity (Wildman–Crippen MR) is 41.4 cm³/mol. The Hall–Kier alpha value is 0. The van der Waals surface area contributed by atoms with Crippen LogP contribution in [0.3, 0.4) is 0 Å². The van der Waals surface area contributed by atoms with Gasteiger partial charge >= 0.3 is 0 Å². The highest BCUT2D eigenvalue weighted by Gasteiger charge is 2.15. The second-order valence-corrected chi connectivity index (χ2v) is 2.31. The number of hydrogen-bond acceptors (Lipinski definition) is 0. The largest absolute Gasteiger partial charge is 0.0625 e. The monoisotopic (exact) mass is 135 g/mol. The SMILES string of the molecule is [2H]C1C([2H])([2H])C([2H])C([2H])([2H])C([2H])(C(C)C)C1([2H])[2H]. The van der Waals surface area contributed by atoms with Gasteiger partial charge in [-0.05, 0) is 11.8 Å². The van der Waals surface area contributed by atoms with Crippen LogP contribution in [0, 0.1) is 11.8 Å². The molecule has 0 radical (unpaired) electrons. The Morgan fingerprint density at radius 1 is 1.44 bits per heavy atom. The minimum absolute atomic E-state index is 0.778. The van der Waals surface area contributed by atoms with E-state index in [2.05, 4.69) is 0 Å². The maximum absolute atomic E-state index is 8.16. The van der Waals surface area contributed by atoms with E-state index in [0.29, 0.717) is 0 Å². The molecule has 1 rings (SSSR count). The zero-order valence-electron chi connectivity index (χ0n) is 14.7. The summed E-state index contributed by atoms with van der Waals surface area (Å²) >= 11 is 0. The Morgan fingerprint density at radius 3 is 2.44 bits per heavy atom. The lowest BCUT2D eigenvalue weighted by Gasteiger charge is -2.24. The lowest BCUT2D eigenvalue weighted by Crippen LogP contribution is -2.12. The molecule has 0 bridgehead atoms. The van der Waals surface area contributed by atoms with Crippen LogP contribution >= 0.6 is 0 Å². The van der Waals surface area contributed by atoms with E-state index in [0.717, 1.165) is 0 Å². The molecule has 0 aromatic carbocycles.